The minimum atomic E-state index is -0.516. The zero-order valence-electron chi connectivity index (χ0n) is 21.2. The van der Waals surface area contributed by atoms with Crippen LogP contribution in [0.4, 0.5) is 10.2 Å². The van der Waals surface area contributed by atoms with E-state index < -0.39 is 5.95 Å². The average Bonchev–Trinajstić information content (AvgIpc) is 3.36. The normalized spacial score (nSPS) is 14.8. The highest BCUT2D eigenvalue weighted by atomic mass is 19.1. The maximum Gasteiger partial charge on any atom is 0.218 e. The lowest BCUT2D eigenvalue weighted by Crippen LogP contribution is -2.29. The quantitative estimate of drug-likeness (QED) is 0.198. The van der Waals surface area contributed by atoms with Gasteiger partial charge >= 0.3 is 0 Å². The number of hydrogen-bond acceptors (Lipinski definition) is 8. The first-order valence-corrected chi connectivity index (χ1v) is 12.6. The number of halogens is 1. The van der Waals surface area contributed by atoms with Crippen LogP contribution in [0.25, 0.3) is 16.6 Å². The first-order chi connectivity index (χ1) is 18.6. The standard InChI is InChI=1S/C28H31FN8O/c1-38-26-5-2-18(14-34-26)13-33-25-4-3-19(27(29)37-25)10-21-16-36-28-24(21)11-20(15-35-28)22(12-30)17-32-23-6-8-31-9-7-23/h2-5,11-12,14-17,23,31H,6-10,13,30H2,1H3,(H,33,37)(H,35,36). The Labute approximate surface area is 220 Å². The lowest BCUT2D eigenvalue weighted by atomic mass is 10.0. The third kappa shape index (κ3) is 5.97. The number of nitrogens with one attached hydrogen (secondary N) is 3. The molecule has 0 atom stereocenters. The zero-order chi connectivity index (χ0) is 26.3. The van der Waals surface area contributed by atoms with Crippen LogP contribution in [0.5, 0.6) is 5.88 Å². The Balaban J connectivity index is 1.29. The second-order valence-corrected chi connectivity index (χ2v) is 9.20. The molecule has 5 rings (SSSR count). The molecule has 196 valence electrons. The number of nitrogens with two attached hydrogens (primary N) is 1. The van der Waals surface area contributed by atoms with Crippen molar-refractivity contribution in [1.82, 2.24) is 25.3 Å². The molecule has 0 aliphatic carbocycles. The van der Waals surface area contributed by atoms with Crippen molar-refractivity contribution in [3.8, 4) is 5.88 Å². The Kier molecular flexibility index (Phi) is 7.89. The summed E-state index contributed by atoms with van der Waals surface area (Å²) >= 11 is 0. The lowest BCUT2D eigenvalue weighted by Gasteiger charge is -2.18. The summed E-state index contributed by atoms with van der Waals surface area (Å²) in [4.78, 5) is 20.8. The number of allylic oxidation sites excluding steroid dienone is 1. The smallest absolute Gasteiger partial charge is 0.218 e. The van der Waals surface area contributed by atoms with E-state index in [0.29, 0.717) is 36.3 Å². The zero-order valence-corrected chi connectivity index (χ0v) is 21.2. The maximum absolute atomic E-state index is 15.0. The van der Waals surface area contributed by atoms with E-state index in [1.54, 1.807) is 43.9 Å². The number of aromatic amines is 1. The van der Waals surface area contributed by atoms with E-state index in [4.69, 9.17) is 15.5 Å². The molecule has 0 unspecified atom stereocenters. The number of fused-ring (bicyclic) bond motifs is 1. The van der Waals surface area contributed by atoms with Crippen LogP contribution in [-0.4, -0.2) is 52.4 Å². The highest BCUT2D eigenvalue weighted by Crippen LogP contribution is 2.25. The molecule has 38 heavy (non-hydrogen) atoms. The van der Waals surface area contributed by atoms with Crippen molar-refractivity contribution < 1.29 is 9.13 Å². The molecule has 0 bridgehead atoms. The van der Waals surface area contributed by atoms with Gasteiger partial charge in [0, 0.05) is 72.1 Å². The van der Waals surface area contributed by atoms with Gasteiger partial charge in [-0.15, -0.1) is 0 Å². The Morgan fingerprint density at radius 1 is 1.18 bits per heavy atom. The van der Waals surface area contributed by atoms with Gasteiger partial charge in [-0.2, -0.15) is 4.39 Å². The highest BCUT2D eigenvalue weighted by molar-refractivity contribution is 6.10. The van der Waals surface area contributed by atoms with Crippen LogP contribution in [0.15, 0.2) is 60.1 Å². The van der Waals surface area contributed by atoms with Crippen molar-refractivity contribution >= 4 is 28.6 Å². The van der Waals surface area contributed by atoms with Crippen LogP contribution in [0.3, 0.4) is 0 Å². The fraction of sp³-hybridized carbons (Fsp3) is 0.286. The summed E-state index contributed by atoms with van der Waals surface area (Å²) in [6, 6.07) is 9.53. The van der Waals surface area contributed by atoms with Gasteiger partial charge < -0.3 is 26.1 Å². The van der Waals surface area contributed by atoms with Crippen LogP contribution in [0.1, 0.15) is 35.1 Å². The van der Waals surface area contributed by atoms with Crippen molar-refractivity contribution in [1.29, 1.82) is 0 Å². The molecule has 10 heteroatoms. The second kappa shape index (κ2) is 11.8. The van der Waals surface area contributed by atoms with Gasteiger partial charge in [-0.25, -0.2) is 15.0 Å². The monoisotopic (exact) mass is 514 g/mol. The van der Waals surface area contributed by atoms with Gasteiger partial charge in [0.05, 0.1) is 13.2 Å². The lowest BCUT2D eigenvalue weighted by molar-refractivity contribution is 0.397. The molecule has 4 aromatic heterocycles. The van der Waals surface area contributed by atoms with Crippen molar-refractivity contribution in [2.24, 2.45) is 10.7 Å². The van der Waals surface area contributed by atoms with Crippen molar-refractivity contribution in [2.45, 2.75) is 31.8 Å². The Bertz CT molecular complexity index is 1440. The number of piperidine rings is 1. The number of hydrogen-bond donors (Lipinski definition) is 4. The van der Waals surface area contributed by atoms with Crippen LogP contribution < -0.4 is 21.1 Å². The summed E-state index contributed by atoms with van der Waals surface area (Å²) in [5.74, 6) is 0.483. The van der Waals surface area contributed by atoms with Crippen LogP contribution in [-0.2, 0) is 13.0 Å². The first-order valence-electron chi connectivity index (χ1n) is 12.6. The number of rotatable bonds is 9. The number of H-pyrrole nitrogens is 1. The molecule has 1 saturated heterocycles. The van der Waals surface area contributed by atoms with Gasteiger partial charge in [0.2, 0.25) is 11.8 Å². The van der Waals surface area contributed by atoms with Crippen molar-refractivity contribution in [3.05, 3.63) is 83.3 Å². The molecule has 5 N–H and O–H groups in total. The summed E-state index contributed by atoms with van der Waals surface area (Å²) in [5, 5.41) is 7.39. The SMILES string of the molecule is COc1ccc(CNc2ccc(Cc3c[nH]c4ncc(C(C=NC5CCNCC5)=CN)cc34)c(F)n2)cn1. The number of anilines is 1. The fourth-order valence-corrected chi connectivity index (χ4v) is 4.44. The molecule has 0 radical (unpaired) electrons. The van der Waals surface area contributed by atoms with E-state index in [1.165, 1.54) is 0 Å². The number of nitrogens with zero attached hydrogens (tertiary/aromatic N) is 4. The summed E-state index contributed by atoms with van der Waals surface area (Å²) in [5.41, 5.74) is 10.7. The molecule has 0 aromatic carbocycles. The third-order valence-electron chi connectivity index (χ3n) is 6.65. The van der Waals surface area contributed by atoms with Gasteiger partial charge in [-0.05, 0) is 49.2 Å². The molecule has 1 fully saturated rings. The fourth-order valence-electron chi connectivity index (χ4n) is 4.44. The van der Waals surface area contributed by atoms with Crippen molar-refractivity contribution in [3.63, 3.8) is 0 Å². The van der Waals surface area contributed by atoms with E-state index in [1.807, 2.05) is 24.5 Å². The summed E-state index contributed by atoms with van der Waals surface area (Å²) in [6.07, 6.45) is 11.1. The minimum Gasteiger partial charge on any atom is -0.481 e. The van der Waals surface area contributed by atoms with Gasteiger partial charge in [0.25, 0.3) is 0 Å². The summed E-state index contributed by atoms with van der Waals surface area (Å²) < 4.78 is 20.0. The number of methoxy groups -OCH3 is 1. The molecular formula is C28H31FN8O. The molecule has 0 saturated carbocycles. The summed E-state index contributed by atoms with van der Waals surface area (Å²) in [7, 11) is 1.57. The van der Waals surface area contributed by atoms with Crippen molar-refractivity contribution in [2.75, 3.05) is 25.5 Å². The average molecular weight is 515 g/mol. The van der Waals surface area contributed by atoms with Gasteiger partial charge in [-0.3, -0.25) is 4.99 Å². The second-order valence-electron chi connectivity index (χ2n) is 9.20. The van der Waals surface area contributed by atoms with Gasteiger partial charge in [-0.1, -0.05) is 12.1 Å². The molecular weight excluding hydrogens is 483 g/mol. The van der Waals surface area contributed by atoms with Gasteiger partial charge in [0.1, 0.15) is 11.5 Å². The topological polar surface area (TPSA) is 126 Å². The van der Waals surface area contributed by atoms with Gasteiger partial charge in [0.15, 0.2) is 0 Å². The summed E-state index contributed by atoms with van der Waals surface area (Å²) in [6.45, 7) is 2.43. The Hall–Kier alpha value is -4.31. The van der Waals surface area contributed by atoms with Crippen LogP contribution >= 0.6 is 0 Å². The van der Waals surface area contributed by atoms with Crippen LogP contribution in [0, 0.1) is 5.95 Å². The highest BCUT2D eigenvalue weighted by Gasteiger charge is 2.14. The minimum absolute atomic E-state index is 0.298. The van der Waals surface area contributed by atoms with Crippen LogP contribution in [0.2, 0.25) is 0 Å². The molecule has 4 aromatic rings. The van der Waals surface area contributed by atoms with E-state index in [2.05, 4.69) is 30.6 Å². The Morgan fingerprint density at radius 3 is 2.79 bits per heavy atom. The van der Waals surface area contributed by atoms with E-state index in [9.17, 15) is 4.39 Å². The molecule has 5 heterocycles. The van der Waals surface area contributed by atoms with E-state index in [-0.39, 0.29) is 0 Å². The first kappa shape index (κ1) is 25.3. The third-order valence-corrected chi connectivity index (χ3v) is 6.65. The number of pyridine rings is 3. The molecule has 1 aliphatic heterocycles. The predicted octanol–water partition coefficient (Wildman–Crippen LogP) is 3.83. The number of aliphatic imine (C=N–C) groups is 1. The van der Waals surface area contributed by atoms with E-state index in [0.717, 1.165) is 59.2 Å². The predicted molar refractivity (Wildman–Crippen MR) is 148 cm³/mol. The molecule has 1 aliphatic rings. The number of ether oxygens (including phenoxy) is 1. The Morgan fingerprint density at radius 2 is 2.05 bits per heavy atom. The molecule has 0 amide bonds. The maximum atomic E-state index is 15.0. The molecule has 9 nitrogen and oxygen atoms in total. The molecule has 0 spiro atoms. The largest absolute Gasteiger partial charge is 0.481 e. The number of aromatic nitrogens is 4. The van der Waals surface area contributed by atoms with E-state index >= 15 is 0 Å².